The van der Waals surface area contributed by atoms with Crippen LogP contribution in [0.3, 0.4) is 0 Å². The Morgan fingerprint density at radius 2 is 0.731 bits per heavy atom. The molecule has 0 spiro atoms. The van der Waals surface area contributed by atoms with E-state index < -0.39 is 30.5 Å². The molecule has 0 aliphatic rings. The Morgan fingerprint density at radius 3 is 1.00 bits per heavy atom. The second-order valence-corrected chi connectivity index (χ2v) is 13.6. The van der Waals surface area contributed by atoms with E-state index in [2.05, 4.69) is 0 Å². The van der Waals surface area contributed by atoms with E-state index in [1.807, 2.05) is 0 Å². The third kappa shape index (κ3) is 26.1. The zero-order valence-electron chi connectivity index (χ0n) is 29.3. The number of hydrogen-bond donors (Lipinski definition) is 1. The van der Waals surface area contributed by atoms with Gasteiger partial charge in [0.05, 0.1) is 144 Å². The number of hydrogen-bond acceptors (Lipinski definition) is 16. The van der Waals surface area contributed by atoms with Crippen molar-refractivity contribution in [2.75, 3.05) is 152 Å². The van der Waals surface area contributed by atoms with Gasteiger partial charge >= 0.3 is 15.5 Å². The first kappa shape index (κ1) is 48.2. The summed E-state index contributed by atoms with van der Waals surface area (Å²) in [5.74, 6) is 0.197. The Hall–Kier alpha value is -1.77. The predicted molar refractivity (Wildman–Crippen MR) is 177 cm³/mol. The van der Waals surface area contributed by atoms with Gasteiger partial charge in [-0.3, -0.25) is 0 Å². The van der Waals surface area contributed by atoms with Crippen LogP contribution in [-0.4, -0.2) is 175 Å². The highest BCUT2D eigenvalue weighted by atomic mass is 32.3. The third-order valence-corrected chi connectivity index (χ3v) is 9.19. The molecular weight excluding hydrogens is 751 g/mol. The molecule has 1 aromatic carbocycles. The van der Waals surface area contributed by atoms with Crippen LogP contribution in [0.15, 0.2) is 29.2 Å². The molecule has 0 amide bonds. The maximum Gasteiger partial charge on any atom is 0.512 e. The van der Waals surface area contributed by atoms with Gasteiger partial charge in [-0.2, -0.15) is 13.2 Å². The number of rotatable bonds is 37. The van der Waals surface area contributed by atoms with Crippen LogP contribution in [-0.2, 0) is 72.2 Å². The number of halogens is 3. The zero-order chi connectivity index (χ0) is 38.2. The van der Waals surface area contributed by atoms with Gasteiger partial charge in [-0.05, 0) is 24.3 Å². The molecule has 1 N–H and O–H groups in total. The molecule has 0 unspecified atom stereocenters. The minimum atomic E-state index is -6.08. The van der Waals surface area contributed by atoms with Crippen molar-refractivity contribution in [3.8, 4) is 5.75 Å². The average molecular weight is 804 g/mol. The lowest BCUT2D eigenvalue weighted by Gasteiger charge is -2.11. The monoisotopic (exact) mass is 803 g/mol. The predicted octanol–water partition coefficient (Wildman–Crippen LogP) is 1.01. The van der Waals surface area contributed by atoms with Gasteiger partial charge in [-0.15, -0.1) is 0 Å². The Morgan fingerprint density at radius 1 is 0.462 bits per heavy atom. The Bertz CT molecular complexity index is 1200. The first-order chi connectivity index (χ1) is 25.0. The number of benzene rings is 1. The second kappa shape index (κ2) is 30.5. The van der Waals surface area contributed by atoms with Crippen LogP contribution in [0, 0.1) is 0 Å². The van der Waals surface area contributed by atoms with Crippen molar-refractivity contribution in [2.45, 2.75) is 10.4 Å². The van der Waals surface area contributed by atoms with Crippen LogP contribution in [0.2, 0.25) is 0 Å². The molecule has 1 rings (SSSR count). The highest BCUT2D eigenvalue weighted by molar-refractivity contribution is 8.05. The quantitative estimate of drug-likeness (QED) is 0.0937. The van der Waals surface area contributed by atoms with Crippen molar-refractivity contribution >= 4 is 20.0 Å². The lowest BCUT2D eigenvalue weighted by atomic mass is 10.3. The van der Waals surface area contributed by atoms with E-state index in [0.29, 0.717) is 130 Å². The summed E-state index contributed by atoms with van der Waals surface area (Å²) in [7, 11) is -9.42. The lowest BCUT2D eigenvalue weighted by Crippen LogP contribution is -2.40. The van der Waals surface area contributed by atoms with Crippen LogP contribution in [0.1, 0.15) is 0 Å². The van der Waals surface area contributed by atoms with Gasteiger partial charge in [-0.1, -0.05) is 4.13 Å². The van der Waals surface area contributed by atoms with Gasteiger partial charge in [0.1, 0.15) is 12.4 Å². The highest BCUT2D eigenvalue weighted by Crippen LogP contribution is 2.24. The summed E-state index contributed by atoms with van der Waals surface area (Å²) in [5.41, 5.74) is -5.78. The van der Waals surface area contributed by atoms with E-state index in [-0.39, 0.29) is 25.6 Å². The summed E-state index contributed by atoms with van der Waals surface area (Å²) in [5, 5.41) is 0. The molecule has 0 aliphatic carbocycles. The largest absolute Gasteiger partial charge is 0.512 e. The topological polar surface area (TPSA) is 191 Å². The number of methoxy groups -OCH3 is 1. The Labute approximate surface area is 303 Å². The van der Waals surface area contributed by atoms with Gasteiger partial charge in [0.25, 0.3) is 10.0 Å². The molecule has 17 nitrogen and oxygen atoms in total. The maximum atomic E-state index is 12.4. The van der Waals surface area contributed by atoms with Crippen LogP contribution < -0.4 is 8.86 Å². The van der Waals surface area contributed by atoms with Gasteiger partial charge in [0.2, 0.25) is 0 Å². The van der Waals surface area contributed by atoms with Crippen molar-refractivity contribution in [3.05, 3.63) is 24.3 Å². The first-order valence-corrected chi connectivity index (χ1v) is 19.3. The SMILES string of the molecule is COCCOCCOCCOCCOCCOCCOCCOCCOCCOCCOCCOc1ccc(S(=O)(=O)NS(=O)(=O)C(F)(F)F)cc1. The van der Waals surface area contributed by atoms with Crippen molar-refractivity contribution in [3.63, 3.8) is 0 Å². The number of alkyl halides is 3. The molecule has 22 heteroatoms. The van der Waals surface area contributed by atoms with Crippen molar-refractivity contribution in [2.24, 2.45) is 0 Å². The van der Waals surface area contributed by atoms with Crippen LogP contribution in [0.5, 0.6) is 5.75 Å². The molecule has 0 aromatic heterocycles. The molecule has 0 radical (unpaired) electrons. The Balaban J connectivity index is 1.80. The van der Waals surface area contributed by atoms with Gasteiger partial charge in [0.15, 0.2) is 0 Å². The van der Waals surface area contributed by atoms with Crippen molar-refractivity contribution in [1.29, 1.82) is 0 Å². The summed E-state index contributed by atoms with van der Waals surface area (Å²) in [6.45, 7) is 9.27. The molecule has 0 atom stereocenters. The summed E-state index contributed by atoms with van der Waals surface area (Å²) in [6.07, 6.45) is 0. The van der Waals surface area contributed by atoms with Crippen LogP contribution in [0.25, 0.3) is 0 Å². The molecule has 0 saturated carbocycles. The minimum Gasteiger partial charge on any atom is -0.491 e. The summed E-state index contributed by atoms with van der Waals surface area (Å²) < 4.78 is 148. The van der Waals surface area contributed by atoms with Gasteiger partial charge in [-0.25, -0.2) is 16.8 Å². The third-order valence-electron chi connectivity index (χ3n) is 5.93. The van der Waals surface area contributed by atoms with Crippen LogP contribution >= 0.6 is 0 Å². The highest BCUT2D eigenvalue weighted by Gasteiger charge is 2.48. The van der Waals surface area contributed by atoms with Gasteiger partial charge < -0.3 is 56.8 Å². The number of nitrogens with one attached hydrogen (secondary N) is 1. The molecule has 306 valence electrons. The molecule has 1 aromatic rings. The molecule has 0 aliphatic heterocycles. The maximum absolute atomic E-state index is 12.4. The molecule has 0 bridgehead atoms. The number of ether oxygens (including phenoxy) is 12. The molecule has 0 heterocycles. The molecule has 0 fully saturated rings. The van der Waals surface area contributed by atoms with E-state index in [0.717, 1.165) is 24.3 Å². The van der Waals surface area contributed by atoms with E-state index in [1.54, 1.807) is 7.11 Å². The molecule has 52 heavy (non-hydrogen) atoms. The van der Waals surface area contributed by atoms with E-state index in [9.17, 15) is 30.0 Å². The normalized spacial score (nSPS) is 12.5. The van der Waals surface area contributed by atoms with E-state index >= 15 is 0 Å². The zero-order valence-corrected chi connectivity index (χ0v) is 31.0. The fraction of sp³-hybridized carbons (Fsp3) is 0.800. The van der Waals surface area contributed by atoms with E-state index in [1.165, 1.54) is 0 Å². The fourth-order valence-corrected chi connectivity index (χ4v) is 5.81. The first-order valence-electron chi connectivity index (χ1n) is 16.3. The van der Waals surface area contributed by atoms with E-state index in [4.69, 9.17) is 56.8 Å². The fourth-order valence-electron chi connectivity index (χ4n) is 3.40. The lowest BCUT2D eigenvalue weighted by molar-refractivity contribution is -0.0441. The van der Waals surface area contributed by atoms with Crippen molar-refractivity contribution < 1.29 is 86.8 Å². The summed E-state index contributed by atoms with van der Waals surface area (Å²) >= 11 is 0. The second-order valence-electron chi connectivity index (χ2n) is 9.97. The smallest absolute Gasteiger partial charge is 0.491 e. The van der Waals surface area contributed by atoms with Crippen molar-refractivity contribution in [1.82, 2.24) is 4.13 Å². The summed E-state index contributed by atoms with van der Waals surface area (Å²) in [4.78, 5) is -0.687. The summed E-state index contributed by atoms with van der Waals surface area (Å²) in [6, 6.07) is 4.14. The number of sulfonamides is 2. The standard InChI is InChI=1S/C30H52F3NO16S2/c1-39-6-7-40-8-9-41-10-11-42-12-13-43-14-15-44-16-17-45-18-19-46-20-21-47-22-23-48-24-25-49-26-27-50-28-2-4-29(5-3-28)51(35,36)34-52(37,38)30(31,32)33/h2-5,34H,6-27H2,1H3. The molecule has 0 saturated heterocycles. The van der Waals surface area contributed by atoms with Gasteiger partial charge in [0, 0.05) is 7.11 Å². The van der Waals surface area contributed by atoms with Crippen LogP contribution in [0.4, 0.5) is 13.2 Å². The molecular formula is C30H52F3NO16S2. The Kier molecular flexibility index (Phi) is 28.3. The minimum absolute atomic E-state index is 0.0906. The average Bonchev–Trinajstić information content (AvgIpc) is 3.09.